The molecule has 0 unspecified atom stereocenters. The number of ether oxygens (including phenoxy) is 2. The summed E-state index contributed by atoms with van der Waals surface area (Å²) in [7, 11) is -1.80. The van der Waals surface area contributed by atoms with Crippen molar-refractivity contribution in [2.24, 2.45) is 5.14 Å². The minimum Gasteiger partial charge on any atom is -0.497 e. The number of hydrogen-bond acceptors (Lipinski definition) is 4. The van der Waals surface area contributed by atoms with E-state index in [0.717, 1.165) is 5.75 Å². The van der Waals surface area contributed by atoms with E-state index in [0.29, 0.717) is 18.8 Å². The predicted octanol–water partition coefficient (Wildman–Crippen LogP) is 0.753. The highest BCUT2D eigenvalue weighted by molar-refractivity contribution is 7.89. The lowest BCUT2D eigenvalue weighted by Gasteiger charge is -2.06. The molecule has 0 saturated heterocycles. The van der Waals surface area contributed by atoms with Crippen molar-refractivity contribution in [2.45, 2.75) is 6.42 Å². The van der Waals surface area contributed by atoms with Gasteiger partial charge in [0.05, 0.1) is 19.5 Å². The summed E-state index contributed by atoms with van der Waals surface area (Å²) in [6.07, 6.45) is 0.380. The van der Waals surface area contributed by atoms with Crippen LogP contribution in [-0.2, 0) is 10.0 Å². The van der Waals surface area contributed by atoms with Crippen molar-refractivity contribution < 1.29 is 17.9 Å². The lowest BCUT2D eigenvalue weighted by atomic mass is 10.3. The van der Waals surface area contributed by atoms with Crippen LogP contribution < -0.4 is 14.6 Å². The standard InChI is InChI=1S/C10H15NO4S/c1-14-9-3-5-10(6-4-9)15-7-2-8-16(11,12)13/h3-6H,2,7-8H2,1H3,(H2,11,12,13). The molecule has 6 heteroatoms. The molecule has 0 aliphatic carbocycles. The van der Waals surface area contributed by atoms with E-state index in [1.54, 1.807) is 31.4 Å². The summed E-state index contributed by atoms with van der Waals surface area (Å²) in [5, 5.41) is 4.85. The first-order chi connectivity index (χ1) is 7.51. The van der Waals surface area contributed by atoms with Gasteiger partial charge in [-0.1, -0.05) is 0 Å². The Kier molecular flexibility index (Phi) is 4.57. The van der Waals surface area contributed by atoms with Gasteiger partial charge >= 0.3 is 0 Å². The number of rotatable bonds is 6. The van der Waals surface area contributed by atoms with Crippen molar-refractivity contribution in [1.82, 2.24) is 0 Å². The van der Waals surface area contributed by atoms with Crippen LogP contribution in [0.5, 0.6) is 11.5 Å². The van der Waals surface area contributed by atoms with Gasteiger partial charge in [-0.05, 0) is 30.7 Å². The third-order valence-corrected chi connectivity index (χ3v) is 2.76. The Labute approximate surface area is 95.2 Å². The Morgan fingerprint density at radius 2 is 1.75 bits per heavy atom. The molecule has 0 saturated carbocycles. The number of hydrogen-bond donors (Lipinski definition) is 1. The van der Waals surface area contributed by atoms with Crippen LogP contribution in [0.1, 0.15) is 6.42 Å². The first-order valence-electron chi connectivity index (χ1n) is 4.78. The van der Waals surface area contributed by atoms with Crippen LogP contribution in [0.25, 0.3) is 0 Å². The van der Waals surface area contributed by atoms with E-state index < -0.39 is 10.0 Å². The maximum absolute atomic E-state index is 10.6. The minimum atomic E-state index is -3.39. The van der Waals surface area contributed by atoms with Gasteiger partial charge in [0.25, 0.3) is 0 Å². The third-order valence-electron chi connectivity index (χ3n) is 1.90. The van der Waals surface area contributed by atoms with Crippen LogP contribution in [0.3, 0.4) is 0 Å². The summed E-state index contributed by atoms with van der Waals surface area (Å²) < 4.78 is 31.6. The monoisotopic (exact) mass is 245 g/mol. The Morgan fingerprint density at radius 3 is 2.25 bits per heavy atom. The fraction of sp³-hybridized carbons (Fsp3) is 0.400. The van der Waals surface area contributed by atoms with Gasteiger partial charge in [0.15, 0.2) is 0 Å². The van der Waals surface area contributed by atoms with Crippen LogP contribution in [0.15, 0.2) is 24.3 Å². The molecule has 16 heavy (non-hydrogen) atoms. The third kappa shape index (κ3) is 4.99. The fourth-order valence-electron chi connectivity index (χ4n) is 1.12. The second-order valence-electron chi connectivity index (χ2n) is 3.24. The van der Waals surface area contributed by atoms with Crippen molar-refractivity contribution in [3.05, 3.63) is 24.3 Å². The molecule has 90 valence electrons. The minimum absolute atomic E-state index is 0.0663. The Hall–Kier alpha value is -1.27. The van der Waals surface area contributed by atoms with Crippen molar-refractivity contribution >= 4 is 10.0 Å². The van der Waals surface area contributed by atoms with Crippen molar-refractivity contribution in [1.29, 1.82) is 0 Å². The van der Waals surface area contributed by atoms with Gasteiger partial charge in [-0.3, -0.25) is 0 Å². The molecule has 0 radical (unpaired) electrons. The van der Waals surface area contributed by atoms with E-state index >= 15 is 0 Å². The molecule has 0 atom stereocenters. The highest BCUT2D eigenvalue weighted by Crippen LogP contribution is 2.16. The molecule has 0 aromatic heterocycles. The molecule has 0 fully saturated rings. The van der Waals surface area contributed by atoms with Crippen molar-refractivity contribution in [3.8, 4) is 11.5 Å². The predicted molar refractivity (Wildman–Crippen MR) is 61.1 cm³/mol. The summed E-state index contributed by atoms with van der Waals surface area (Å²) in [6, 6.07) is 7.07. The fourth-order valence-corrected chi connectivity index (χ4v) is 1.64. The first kappa shape index (κ1) is 12.8. The lowest BCUT2D eigenvalue weighted by molar-refractivity contribution is 0.317. The molecule has 2 N–H and O–H groups in total. The van der Waals surface area contributed by atoms with E-state index in [1.165, 1.54) is 0 Å². The molecule has 0 bridgehead atoms. The van der Waals surface area contributed by atoms with E-state index in [-0.39, 0.29) is 5.75 Å². The smallest absolute Gasteiger partial charge is 0.209 e. The Morgan fingerprint density at radius 1 is 1.19 bits per heavy atom. The van der Waals surface area contributed by atoms with Gasteiger partial charge in [0.1, 0.15) is 11.5 Å². The van der Waals surface area contributed by atoms with Crippen LogP contribution >= 0.6 is 0 Å². The summed E-state index contributed by atoms with van der Waals surface area (Å²) in [5.41, 5.74) is 0. The number of benzene rings is 1. The normalized spacial score (nSPS) is 11.1. The molecule has 1 aromatic carbocycles. The molecule has 0 heterocycles. The van der Waals surface area contributed by atoms with Gasteiger partial charge in [-0.2, -0.15) is 0 Å². The van der Waals surface area contributed by atoms with E-state index in [9.17, 15) is 8.42 Å². The SMILES string of the molecule is COc1ccc(OCCCS(N)(=O)=O)cc1. The molecular formula is C10H15NO4S. The number of sulfonamides is 1. The maximum atomic E-state index is 10.6. The van der Waals surface area contributed by atoms with Crippen LogP contribution in [-0.4, -0.2) is 27.9 Å². The molecule has 1 aromatic rings. The topological polar surface area (TPSA) is 78.6 Å². The maximum Gasteiger partial charge on any atom is 0.209 e. The highest BCUT2D eigenvalue weighted by atomic mass is 32.2. The number of nitrogens with two attached hydrogens (primary N) is 1. The van der Waals surface area contributed by atoms with Gasteiger partial charge in [0.2, 0.25) is 10.0 Å². The molecule has 5 nitrogen and oxygen atoms in total. The molecular weight excluding hydrogens is 230 g/mol. The largest absolute Gasteiger partial charge is 0.497 e. The van der Waals surface area contributed by atoms with Gasteiger partial charge in [0, 0.05) is 0 Å². The summed E-state index contributed by atoms with van der Waals surface area (Å²) in [4.78, 5) is 0. The number of primary sulfonamides is 1. The lowest BCUT2D eigenvalue weighted by Crippen LogP contribution is -2.18. The first-order valence-corrected chi connectivity index (χ1v) is 6.50. The van der Waals surface area contributed by atoms with Crippen LogP contribution in [0, 0.1) is 0 Å². The molecule has 0 aliphatic rings. The zero-order valence-electron chi connectivity index (χ0n) is 9.05. The zero-order chi connectivity index (χ0) is 12.0. The van der Waals surface area contributed by atoms with Crippen LogP contribution in [0.4, 0.5) is 0 Å². The highest BCUT2D eigenvalue weighted by Gasteiger charge is 2.02. The summed E-state index contributed by atoms with van der Waals surface area (Å²) >= 11 is 0. The average Bonchev–Trinajstić information content (AvgIpc) is 2.24. The molecule has 0 amide bonds. The van der Waals surface area contributed by atoms with Crippen molar-refractivity contribution in [3.63, 3.8) is 0 Å². The Balaban J connectivity index is 2.32. The summed E-state index contributed by atoms with van der Waals surface area (Å²) in [6.45, 7) is 0.322. The quantitative estimate of drug-likeness (QED) is 0.750. The van der Waals surface area contributed by atoms with E-state index in [4.69, 9.17) is 14.6 Å². The van der Waals surface area contributed by atoms with Crippen molar-refractivity contribution in [2.75, 3.05) is 19.5 Å². The summed E-state index contributed by atoms with van der Waals surface area (Å²) in [5.74, 6) is 1.36. The van der Waals surface area contributed by atoms with Gasteiger partial charge in [-0.25, -0.2) is 13.6 Å². The Bertz CT molecular complexity index is 413. The number of methoxy groups -OCH3 is 1. The second kappa shape index (κ2) is 5.72. The zero-order valence-corrected chi connectivity index (χ0v) is 9.87. The van der Waals surface area contributed by atoms with E-state index in [1.807, 2.05) is 0 Å². The van der Waals surface area contributed by atoms with Gasteiger partial charge in [-0.15, -0.1) is 0 Å². The molecule has 0 spiro atoms. The molecule has 1 rings (SSSR count). The van der Waals surface area contributed by atoms with Gasteiger partial charge < -0.3 is 9.47 Å². The second-order valence-corrected chi connectivity index (χ2v) is 4.98. The molecule has 0 aliphatic heterocycles. The van der Waals surface area contributed by atoms with Crippen LogP contribution in [0.2, 0.25) is 0 Å². The average molecular weight is 245 g/mol. The van der Waals surface area contributed by atoms with E-state index in [2.05, 4.69) is 0 Å².